The van der Waals surface area contributed by atoms with Crippen LogP contribution in [0.2, 0.25) is 0 Å². The van der Waals surface area contributed by atoms with E-state index in [9.17, 15) is 27.5 Å². The summed E-state index contributed by atoms with van der Waals surface area (Å²) >= 11 is 0. The number of hydrogen-bond acceptors (Lipinski definition) is 5. The third-order valence-electron chi connectivity index (χ3n) is 5.67. The number of halogens is 4. The van der Waals surface area contributed by atoms with Gasteiger partial charge in [-0.2, -0.15) is 13.2 Å². The molecule has 1 aromatic carbocycles. The Morgan fingerprint density at radius 2 is 2.00 bits per heavy atom. The summed E-state index contributed by atoms with van der Waals surface area (Å²) in [5, 5.41) is 12.6. The van der Waals surface area contributed by atoms with Crippen molar-refractivity contribution < 1.29 is 27.5 Å². The number of benzene rings is 1. The van der Waals surface area contributed by atoms with Crippen molar-refractivity contribution in [2.24, 2.45) is 5.92 Å². The van der Waals surface area contributed by atoms with E-state index in [-0.39, 0.29) is 29.9 Å². The third-order valence-corrected chi connectivity index (χ3v) is 5.67. The van der Waals surface area contributed by atoms with Gasteiger partial charge in [-0.15, -0.1) is 0 Å². The van der Waals surface area contributed by atoms with E-state index in [1.54, 1.807) is 30.3 Å². The molecule has 0 bridgehead atoms. The number of carbonyl (C=O) groups is 1. The number of nitrogens with zero attached hydrogens (tertiary/aromatic N) is 3. The Hall–Kier alpha value is -3.27. The van der Waals surface area contributed by atoms with Gasteiger partial charge in [-0.3, -0.25) is 4.79 Å². The van der Waals surface area contributed by atoms with E-state index in [1.165, 1.54) is 6.20 Å². The van der Waals surface area contributed by atoms with Crippen molar-refractivity contribution in [3.8, 4) is 0 Å². The smallest absolute Gasteiger partial charge is 0.390 e. The van der Waals surface area contributed by atoms with Gasteiger partial charge < -0.3 is 15.0 Å². The molecule has 2 heterocycles. The maximum absolute atomic E-state index is 14.4. The summed E-state index contributed by atoms with van der Waals surface area (Å²) in [7, 11) is 0. The van der Waals surface area contributed by atoms with Crippen molar-refractivity contribution in [1.29, 1.82) is 0 Å². The van der Waals surface area contributed by atoms with Crippen molar-refractivity contribution in [1.82, 2.24) is 14.5 Å². The molecule has 6 nitrogen and oxygen atoms in total. The lowest BCUT2D eigenvalue weighted by Gasteiger charge is -2.18. The summed E-state index contributed by atoms with van der Waals surface area (Å²) in [6, 6.07) is 8.49. The Kier molecular flexibility index (Phi) is 6.20. The number of aliphatic hydroxyl groups is 1. The Labute approximate surface area is 187 Å². The van der Waals surface area contributed by atoms with Crippen LogP contribution in [0.4, 0.5) is 23.4 Å². The van der Waals surface area contributed by atoms with E-state index in [2.05, 4.69) is 22.2 Å². The topological polar surface area (TPSA) is 80.0 Å². The van der Waals surface area contributed by atoms with Gasteiger partial charge in [-0.25, -0.2) is 14.4 Å². The lowest BCUT2D eigenvalue weighted by atomic mass is 10.1. The molecule has 1 radical (unpaired) electrons. The summed E-state index contributed by atoms with van der Waals surface area (Å²) in [4.78, 5) is 20.9. The van der Waals surface area contributed by atoms with E-state index >= 15 is 0 Å². The van der Waals surface area contributed by atoms with E-state index in [1.807, 2.05) is 0 Å². The minimum absolute atomic E-state index is 0.0201. The second-order valence-corrected chi connectivity index (χ2v) is 8.02. The van der Waals surface area contributed by atoms with Crippen LogP contribution in [0.1, 0.15) is 33.6 Å². The first-order valence-corrected chi connectivity index (χ1v) is 10.2. The quantitative estimate of drug-likeness (QED) is 0.430. The molecule has 1 saturated carbocycles. The van der Waals surface area contributed by atoms with Gasteiger partial charge in [0.25, 0.3) is 0 Å². The average Bonchev–Trinajstić information content (AvgIpc) is 3.31. The molecule has 2 N–H and O–H groups in total. The highest BCUT2D eigenvalue weighted by Crippen LogP contribution is 2.34. The van der Waals surface area contributed by atoms with Crippen molar-refractivity contribution in [2.75, 3.05) is 5.32 Å². The second-order valence-electron chi connectivity index (χ2n) is 8.02. The van der Waals surface area contributed by atoms with Gasteiger partial charge in [-0.05, 0) is 30.9 Å². The molecule has 173 valence electrons. The molecule has 4 atom stereocenters. The van der Waals surface area contributed by atoms with Crippen LogP contribution < -0.4 is 5.32 Å². The third kappa shape index (κ3) is 4.75. The van der Waals surface area contributed by atoms with Crippen molar-refractivity contribution in [2.45, 2.75) is 37.5 Å². The zero-order chi connectivity index (χ0) is 23.8. The Morgan fingerprint density at radius 3 is 2.64 bits per heavy atom. The van der Waals surface area contributed by atoms with E-state index in [0.29, 0.717) is 5.56 Å². The summed E-state index contributed by atoms with van der Waals surface area (Å²) in [6.45, 7) is 3.62. The number of aromatic nitrogens is 3. The molecule has 4 rings (SSSR count). The van der Waals surface area contributed by atoms with Crippen LogP contribution in [0.5, 0.6) is 0 Å². The Bertz CT molecular complexity index is 1130. The van der Waals surface area contributed by atoms with Crippen molar-refractivity contribution in [3.05, 3.63) is 84.4 Å². The first kappa shape index (κ1) is 22.9. The number of carbonyl (C=O) groups excluding carboxylic acids is 1. The van der Waals surface area contributed by atoms with Crippen LogP contribution in [0.15, 0.2) is 55.1 Å². The zero-order valence-electron chi connectivity index (χ0n) is 17.3. The summed E-state index contributed by atoms with van der Waals surface area (Å²) in [5.41, 5.74) is -0.630. The molecule has 0 unspecified atom stereocenters. The molecule has 1 aliphatic carbocycles. The number of alkyl halides is 4. The molecule has 3 aromatic rings. The number of rotatable bonds is 6. The fraction of sp³-hybridized carbons (Fsp3) is 0.304. The molecule has 0 saturated heterocycles. The lowest BCUT2D eigenvalue weighted by Crippen LogP contribution is -2.32. The Morgan fingerprint density at radius 1 is 1.27 bits per heavy atom. The van der Waals surface area contributed by atoms with Gasteiger partial charge in [0.05, 0.1) is 17.7 Å². The molecule has 0 amide bonds. The van der Waals surface area contributed by atoms with Gasteiger partial charge in [0.1, 0.15) is 24.0 Å². The molecular formula is C23H21F4N4O2. The summed E-state index contributed by atoms with van der Waals surface area (Å²) < 4.78 is 56.3. The highest BCUT2D eigenvalue weighted by Gasteiger charge is 2.41. The molecule has 0 spiro atoms. The molecular weight excluding hydrogens is 440 g/mol. The number of hydrogen-bond donors (Lipinski definition) is 2. The molecule has 1 fully saturated rings. The standard InChI is InChI=1S/C23H21F4N4O2/c1-13-7-17(19(24)20(13)32)30-22-16(9-28-12-29-22)21(33)15-8-18(23(25,26)27)31(11-15)10-14-5-3-2-4-6-14/h2-6,8-9,11-13,17,19-20,32H,1,7,10H2,(H,28,29,30)/t13-,17-,19-,20-/m1/s1. The van der Waals surface area contributed by atoms with Gasteiger partial charge in [0, 0.05) is 24.5 Å². The average molecular weight is 461 g/mol. The highest BCUT2D eigenvalue weighted by molar-refractivity contribution is 6.11. The first-order chi connectivity index (χ1) is 15.6. The van der Waals surface area contributed by atoms with E-state index in [4.69, 9.17) is 0 Å². The monoisotopic (exact) mass is 461 g/mol. The van der Waals surface area contributed by atoms with Crippen molar-refractivity contribution in [3.63, 3.8) is 0 Å². The van der Waals surface area contributed by atoms with Crippen LogP contribution in [-0.4, -0.2) is 43.7 Å². The van der Waals surface area contributed by atoms with Gasteiger partial charge in [0.2, 0.25) is 0 Å². The molecule has 2 aromatic heterocycles. The molecule has 33 heavy (non-hydrogen) atoms. The molecule has 10 heteroatoms. The molecule has 1 aliphatic rings. The van der Waals surface area contributed by atoms with E-state index in [0.717, 1.165) is 23.2 Å². The zero-order valence-corrected chi connectivity index (χ0v) is 17.3. The maximum Gasteiger partial charge on any atom is 0.431 e. The van der Waals surface area contributed by atoms with E-state index < -0.39 is 41.9 Å². The summed E-state index contributed by atoms with van der Waals surface area (Å²) in [6.07, 6.45) is -3.92. The van der Waals surface area contributed by atoms with Crippen LogP contribution in [0.3, 0.4) is 0 Å². The molecule has 0 aliphatic heterocycles. The van der Waals surface area contributed by atoms with Crippen molar-refractivity contribution >= 4 is 11.6 Å². The normalized spacial score (nSPS) is 23.0. The predicted octanol–water partition coefficient (Wildman–Crippen LogP) is 3.91. The number of aliphatic hydroxyl groups excluding tert-OH is 1. The lowest BCUT2D eigenvalue weighted by molar-refractivity contribution is -0.143. The number of anilines is 1. The largest absolute Gasteiger partial charge is 0.431 e. The summed E-state index contributed by atoms with van der Waals surface area (Å²) in [5.74, 6) is -1.30. The van der Waals surface area contributed by atoms with Gasteiger partial charge in [0.15, 0.2) is 5.78 Å². The second kappa shape index (κ2) is 8.93. The SMILES string of the molecule is [CH2][C@@H]1C[C@@H](Nc2ncncc2C(=O)c2cc(C(F)(F)F)n(Cc3ccccc3)c2)[C@@H](F)[C@@H]1O. The first-order valence-electron chi connectivity index (χ1n) is 10.2. The van der Waals surface area contributed by atoms with Crippen LogP contribution >= 0.6 is 0 Å². The number of nitrogens with one attached hydrogen (secondary N) is 1. The predicted molar refractivity (Wildman–Crippen MR) is 112 cm³/mol. The fourth-order valence-corrected chi connectivity index (χ4v) is 3.96. The Balaban J connectivity index is 1.65. The highest BCUT2D eigenvalue weighted by atomic mass is 19.4. The van der Waals surface area contributed by atoms with Crippen LogP contribution in [0, 0.1) is 12.8 Å². The minimum atomic E-state index is -4.67. The van der Waals surface area contributed by atoms with Gasteiger partial charge in [-0.1, -0.05) is 30.3 Å². The van der Waals surface area contributed by atoms with Crippen LogP contribution in [0.25, 0.3) is 0 Å². The fourth-order valence-electron chi connectivity index (χ4n) is 3.96. The van der Waals surface area contributed by atoms with Gasteiger partial charge >= 0.3 is 6.18 Å². The van der Waals surface area contributed by atoms with Crippen LogP contribution in [-0.2, 0) is 12.7 Å². The minimum Gasteiger partial charge on any atom is -0.390 e. The number of ketones is 1. The maximum atomic E-state index is 14.4.